The zero-order chi connectivity index (χ0) is 14.9. The van der Waals surface area contributed by atoms with Crippen molar-refractivity contribution >= 4 is 21.6 Å². The van der Waals surface area contributed by atoms with Gasteiger partial charge in [-0.05, 0) is 43.4 Å². The van der Waals surface area contributed by atoms with Crippen LogP contribution in [-0.2, 0) is 16.6 Å². The molecule has 2 saturated carbocycles. The van der Waals surface area contributed by atoms with E-state index >= 15 is 0 Å². The van der Waals surface area contributed by atoms with Crippen LogP contribution in [0.25, 0.3) is 0 Å². The maximum absolute atomic E-state index is 12.5. The molecular formula is C15H21ClN2O2S. The highest BCUT2D eigenvalue weighted by Crippen LogP contribution is 2.26. The molecule has 2 fully saturated rings. The van der Waals surface area contributed by atoms with Crippen LogP contribution < -0.4 is 10.0 Å². The predicted octanol–water partition coefficient (Wildman–Crippen LogP) is 2.81. The first-order valence-corrected chi connectivity index (χ1v) is 9.45. The van der Waals surface area contributed by atoms with Gasteiger partial charge in [0.2, 0.25) is 10.0 Å². The van der Waals surface area contributed by atoms with Crippen molar-refractivity contribution in [1.82, 2.24) is 10.0 Å². The van der Waals surface area contributed by atoms with E-state index in [1.807, 2.05) is 6.07 Å². The monoisotopic (exact) mass is 328 g/mol. The number of hydrogen-bond donors (Lipinski definition) is 2. The van der Waals surface area contributed by atoms with Crippen molar-refractivity contribution in [3.8, 4) is 0 Å². The van der Waals surface area contributed by atoms with E-state index in [4.69, 9.17) is 11.6 Å². The first kappa shape index (κ1) is 15.3. The Hall–Kier alpha value is -0.620. The standard InChI is InChI=1S/C15H21ClN2O2S/c16-14-8-5-11(10-17-12-6-7-12)9-15(14)21(19,20)18-13-3-1-2-4-13/h5,8-9,12-13,17-18H,1-4,6-7,10H2. The summed E-state index contributed by atoms with van der Waals surface area (Å²) < 4.78 is 27.8. The van der Waals surface area contributed by atoms with Crippen LogP contribution in [0.3, 0.4) is 0 Å². The van der Waals surface area contributed by atoms with E-state index in [0.717, 1.165) is 31.2 Å². The topological polar surface area (TPSA) is 58.2 Å². The molecule has 2 aliphatic rings. The molecule has 6 heteroatoms. The number of halogens is 1. The van der Waals surface area contributed by atoms with Gasteiger partial charge in [0.1, 0.15) is 4.90 Å². The largest absolute Gasteiger partial charge is 0.310 e. The molecule has 0 unspecified atom stereocenters. The lowest BCUT2D eigenvalue weighted by molar-refractivity contribution is 0.552. The lowest BCUT2D eigenvalue weighted by Gasteiger charge is -2.14. The Bertz CT molecular complexity index is 608. The molecule has 0 bridgehead atoms. The molecule has 0 aromatic heterocycles. The molecule has 3 rings (SSSR count). The zero-order valence-corrected chi connectivity index (χ0v) is 13.5. The van der Waals surface area contributed by atoms with Crippen molar-refractivity contribution in [2.45, 2.75) is 62.0 Å². The van der Waals surface area contributed by atoms with Crippen molar-refractivity contribution < 1.29 is 8.42 Å². The first-order chi connectivity index (χ1) is 10.0. The summed E-state index contributed by atoms with van der Waals surface area (Å²) in [4.78, 5) is 0.200. The summed E-state index contributed by atoms with van der Waals surface area (Å²) in [6, 6.07) is 5.90. The van der Waals surface area contributed by atoms with Gasteiger partial charge >= 0.3 is 0 Å². The number of hydrogen-bond acceptors (Lipinski definition) is 3. The highest BCUT2D eigenvalue weighted by Gasteiger charge is 2.25. The van der Waals surface area contributed by atoms with E-state index in [-0.39, 0.29) is 16.0 Å². The zero-order valence-electron chi connectivity index (χ0n) is 11.9. The summed E-state index contributed by atoms with van der Waals surface area (Å²) in [5, 5.41) is 3.67. The second-order valence-electron chi connectivity index (χ2n) is 6.02. The molecule has 21 heavy (non-hydrogen) atoms. The van der Waals surface area contributed by atoms with Gasteiger partial charge in [-0.2, -0.15) is 0 Å². The minimum Gasteiger partial charge on any atom is -0.310 e. The van der Waals surface area contributed by atoms with Crippen LogP contribution >= 0.6 is 11.6 Å². The third kappa shape index (κ3) is 3.97. The molecule has 0 saturated heterocycles. The highest BCUT2D eigenvalue weighted by molar-refractivity contribution is 7.89. The van der Waals surface area contributed by atoms with Crippen molar-refractivity contribution in [1.29, 1.82) is 0 Å². The van der Waals surface area contributed by atoms with Gasteiger partial charge in [-0.1, -0.05) is 30.5 Å². The molecule has 2 N–H and O–H groups in total. The molecule has 0 radical (unpaired) electrons. The van der Waals surface area contributed by atoms with E-state index in [0.29, 0.717) is 12.6 Å². The number of sulfonamides is 1. The molecule has 0 spiro atoms. The molecule has 0 heterocycles. The van der Waals surface area contributed by atoms with Gasteiger partial charge in [-0.3, -0.25) is 0 Å². The van der Waals surface area contributed by atoms with E-state index in [9.17, 15) is 8.42 Å². The fourth-order valence-electron chi connectivity index (χ4n) is 2.74. The number of nitrogens with one attached hydrogen (secondary N) is 2. The molecule has 1 aromatic rings. The SMILES string of the molecule is O=S(=O)(NC1CCCC1)c1cc(CNC2CC2)ccc1Cl. The smallest absolute Gasteiger partial charge is 0.242 e. The molecule has 116 valence electrons. The lowest BCUT2D eigenvalue weighted by atomic mass is 10.2. The van der Waals surface area contributed by atoms with Crippen LogP contribution in [0.5, 0.6) is 0 Å². The van der Waals surface area contributed by atoms with E-state index in [1.54, 1.807) is 12.1 Å². The highest BCUT2D eigenvalue weighted by atomic mass is 35.5. The maximum atomic E-state index is 12.5. The van der Waals surface area contributed by atoms with Crippen LogP contribution in [0.2, 0.25) is 5.02 Å². The summed E-state index contributed by atoms with van der Waals surface area (Å²) in [6.07, 6.45) is 6.43. The van der Waals surface area contributed by atoms with E-state index in [2.05, 4.69) is 10.0 Å². The summed E-state index contributed by atoms with van der Waals surface area (Å²) >= 11 is 6.10. The maximum Gasteiger partial charge on any atom is 0.242 e. The van der Waals surface area contributed by atoms with Crippen molar-refractivity contribution in [2.75, 3.05) is 0 Å². The minimum atomic E-state index is -3.53. The predicted molar refractivity (Wildman–Crippen MR) is 83.9 cm³/mol. The average Bonchev–Trinajstić information content (AvgIpc) is 3.14. The first-order valence-electron chi connectivity index (χ1n) is 7.59. The Morgan fingerprint density at radius 3 is 2.48 bits per heavy atom. The normalized spacial score (nSPS) is 20.0. The van der Waals surface area contributed by atoms with Gasteiger partial charge in [-0.15, -0.1) is 0 Å². The molecule has 2 aliphatic carbocycles. The molecule has 0 amide bonds. The molecule has 0 atom stereocenters. The van der Waals surface area contributed by atoms with Crippen molar-refractivity contribution in [2.24, 2.45) is 0 Å². The second kappa shape index (κ2) is 6.24. The lowest BCUT2D eigenvalue weighted by Crippen LogP contribution is -2.33. The van der Waals surface area contributed by atoms with Crippen LogP contribution in [0.4, 0.5) is 0 Å². The van der Waals surface area contributed by atoms with Gasteiger partial charge in [0.15, 0.2) is 0 Å². The second-order valence-corrected chi connectivity index (χ2v) is 8.11. The minimum absolute atomic E-state index is 0.0549. The van der Waals surface area contributed by atoms with E-state index < -0.39 is 10.0 Å². The summed E-state index contributed by atoms with van der Waals surface area (Å²) in [5.74, 6) is 0. The Morgan fingerprint density at radius 1 is 1.10 bits per heavy atom. The van der Waals surface area contributed by atoms with Gasteiger partial charge in [-0.25, -0.2) is 13.1 Å². The van der Waals surface area contributed by atoms with E-state index in [1.165, 1.54) is 12.8 Å². The summed E-state index contributed by atoms with van der Waals surface area (Å²) in [5.41, 5.74) is 0.957. The van der Waals surface area contributed by atoms with Crippen LogP contribution in [-0.4, -0.2) is 20.5 Å². The summed E-state index contributed by atoms with van der Waals surface area (Å²) in [7, 11) is -3.53. The third-order valence-electron chi connectivity index (χ3n) is 4.13. The fraction of sp³-hybridized carbons (Fsp3) is 0.600. The fourth-order valence-corrected chi connectivity index (χ4v) is 4.59. The van der Waals surface area contributed by atoms with Crippen LogP contribution in [0, 0.1) is 0 Å². The Kier molecular flexibility index (Phi) is 4.54. The van der Waals surface area contributed by atoms with Crippen LogP contribution in [0.1, 0.15) is 44.1 Å². The Morgan fingerprint density at radius 2 is 1.81 bits per heavy atom. The van der Waals surface area contributed by atoms with Gasteiger partial charge in [0.25, 0.3) is 0 Å². The van der Waals surface area contributed by atoms with Gasteiger partial charge in [0, 0.05) is 18.6 Å². The van der Waals surface area contributed by atoms with Crippen LogP contribution in [0.15, 0.2) is 23.1 Å². The average molecular weight is 329 g/mol. The molecular weight excluding hydrogens is 308 g/mol. The van der Waals surface area contributed by atoms with Crippen molar-refractivity contribution in [3.05, 3.63) is 28.8 Å². The quantitative estimate of drug-likeness (QED) is 0.844. The Balaban J connectivity index is 1.76. The Labute approximate surface area is 131 Å². The molecule has 1 aromatic carbocycles. The van der Waals surface area contributed by atoms with Gasteiger partial charge in [0.05, 0.1) is 5.02 Å². The van der Waals surface area contributed by atoms with Crippen molar-refractivity contribution in [3.63, 3.8) is 0 Å². The number of benzene rings is 1. The molecule has 0 aliphatic heterocycles. The third-order valence-corrected chi connectivity index (χ3v) is 6.14. The molecule has 4 nitrogen and oxygen atoms in total. The summed E-state index contributed by atoms with van der Waals surface area (Å²) in [6.45, 7) is 0.688. The number of rotatable bonds is 6. The van der Waals surface area contributed by atoms with Gasteiger partial charge < -0.3 is 5.32 Å².